The number of hydrogen-bond donors (Lipinski definition) is 1. The van der Waals surface area contributed by atoms with Gasteiger partial charge in [-0.3, -0.25) is 4.79 Å². The number of hydrogen-bond acceptors (Lipinski definition) is 3. The molecule has 1 amide bonds. The second-order valence-electron chi connectivity index (χ2n) is 9.04. The summed E-state index contributed by atoms with van der Waals surface area (Å²) >= 11 is 0. The molecule has 34 heavy (non-hydrogen) atoms. The highest BCUT2D eigenvalue weighted by molar-refractivity contribution is 6.03. The van der Waals surface area contributed by atoms with E-state index in [2.05, 4.69) is 16.0 Å². The van der Waals surface area contributed by atoms with Gasteiger partial charge in [0.2, 0.25) is 0 Å². The van der Waals surface area contributed by atoms with Gasteiger partial charge in [-0.2, -0.15) is 0 Å². The van der Waals surface area contributed by atoms with E-state index in [1.807, 2.05) is 26.2 Å². The summed E-state index contributed by atoms with van der Waals surface area (Å²) in [5.74, 6) is -0.294. The fourth-order valence-corrected chi connectivity index (χ4v) is 4.82. The average Bonchev–Trinajstić information content (AvgIpc) is 3.54. The first-order chi connectivity index (χ1) is 16.5. The van der Waals surface area contributed by atoms with Crippen molar-refractivity contribution in [1.82, 2.24) is 9.55 Å². The number of anilines is 1. The summed E-state index contributed by atoms with van der Waals surface area (Å²) in [7, 11) is 0. The Morgan fingerprint density at radius 1 is 1.06 bits per heavy atom. The number of furan rings is 1. The molecule has 1 aliphatic carbocycles. The molecule has 0 unspecified atom stereocenters. The Morgan fingerprint density at radius 2 is 1.82 bits per heavy atom. The number of amides is 1. The molecule has 0 spiro atoms. The highest BCUT2D eigenvalue weighted by Gasteiger charge is 2.24. The molecule has 1 saturated carbocycles. The van der Waals surface area contributed by atoms with Crippen molar-refractivity contribution >= 4 is 11.6 Å². The van der Waals surface area contributed by atoms with Gasteiger partial charge in [0.25, 0.3) is 5.91 Å². The molecular weight excluding hydrogens is 429 g/mol. The molecule has 2 aromatic carbocycles. The highest BCUT2D eigenvalue weighted by Crippen LogP contribution is 2.39. The standard InChI is InChI=1S/C28H28FN3O2/c1-18-15-21(16-24(19(18)2)31-28(33)25-9-6-14-34-25)27-26(20-10-12-22(29)13-11-20)30-17-32(27)23-7-4-3-5-8-23/h6,9-17,23H,3-5,7-8H2,1-2H3,(H,31,33). The topological polar surface area (TPSA) is 60.1 Å². The molecule has 1 N–H and O–H groups in total. The Morgan fingerprint density at radius 3 is 2.53 bits per heavy atom. The second-order valence-corrected chi connectivity index (χ2v) is 9.04. The molecule has 5 nitrogen and oxygen atoms in total. The summed E-state index contributed by atoms with van der Waals surface area (Å²) < 4.78 is 21.2. The lowest BCUT2D eigenvalue weighted by Crippen LogP contribution is -2.14. The van der Waals surface area contributed by atoms with Crippen LogP contribution in [0.3, 0.4) is 0 Å². The number of benzene rings is 2. The molecular formula is C28H28FN3O2. The van der Waals surface area contributed by atoms with Crippen LogP contribution >= 0.6 is 0 Å². The van der Waals surface area contributed by atoms with Crippen LogP contribution in [0.1, 0.15) is 59.8 Å². The quantitative estimate of drug-likeness (QED) is 0.341. The summed E-state index contributed by atoms with van der Waals surface area (Å²) in [6, 6.07) is 14.3. The third-order valence-electron chi connectivity index (χ3n) is 6.81. The van der Waals surface area contributed by atoms with E-state index in [1.54, 1.807) is 24.3 Å². The van der Waals surface area contributed by atoms with E-state index in [0.29, 0.717) is 6.04 Å². The van der Waals surface area contributed by atoms with Crippen LogP contribution in [-0.2, 0) is 0 Å². The van der Waals surface area contributed by atoms with E-state index < -0.39 is 0 Å². The minimum absolute atomic E-state index is 0.265. The lowest BCUT2D eigenvalue weighted by molar-refractivity contribution is 0.0996. The van der Waals surface area contributed by atoms with Gasteiger partial charge in [-0.1, -0.05) is 19.3 Å². The Balaban J connectivity index is 1.62. The molecule has 0 bridgehead atoms. The second kappa shape index (κ2) is 9.29. The number of nitrogens with one attached hydrogen (secondary N) is 1. The van der Waals surface area contributed by atoms with Gasteiger partial charge in [0.15, 0.2) is 5.76 Å². The van der Waals surface area contributed by atoms with E-state index in [1.165, 1.54) is 37.7 Å². The van der Waals surface area contributed by atoms with Crippen molar-refractivity contribution in [2.45, 2.75) is 52.0 Å². The molecule has 5 rings (SSSR count). The summed E-state index contributed by atoms with van der Waals surface area (Å²) in [6.07, 6.45) is 9.29. The number of halogens is 1. The number of nitrogens with zero attached hydrogens (tertiary/aromatic N) is 2. The Kier molecular flexibility index (Phi) is 6.05. The van der Waals surface area contributed by atoms with E-state index in [4.69, 9.17) is 9.40 Å². The van der Waals surface area contributed by atoms with E-state index >= 15 is 0 Å². The number of aromatic nitrogens is 2. The maximum atomic E-state index is 13.6. The molecule has 6 heteroatoms. The molecule has 0 saturated heterocycles. The monoisotopic (exact) mass is 457 g/mol. The molecule has 4 aromatic rings. The van der Waals surface area contributed by atoms with Gasteiger partial charge < -0.3 is 14.3 Å². The summed E-state index contributed by atoms with van der Waals surface area (Å²) in [4.78, 5) is 17.5. The third kappa shape index (κ3) is 4.28. The zero-order chi connectivity index (χ0) is 23.7. The lowest BCUT2D eigenvalue weighted by Gasteiger charge is -2.26. The fraction of sp³-hybridized carbons (Fsp3) is 0.286. The van der Waals surface area contributed by atoms with Crippen LogP contribution in [0.25, 0.3) is 22.5 Å². The molecule has 2 heterocycles. The number of aryl methyl sites for hydroxylation is 1. The van der Waals surface area contributed by atoms with Crippen LogP contribution in [0.15, 0.2) is 65.5 Å². The first-order valence-electron chi connectivity index (χ1n) is 11.8. The van der Waals surface area contributed by atoms with Crippen LogP contribution in [0.4, 0.5) is 10.1 Å². The maximum Gasteiger partial charge on any atom is 0.291 e. The Labute approximate surface area is 198 Å². The first kappa shape index (κ1) is 22.1. The Hall–Kier alpha value is -3.67. The van der Waals surface area contributed by atoms with Crippen LogP contribution < -0.4 is 5.32 Å². The van der Waals surface area contributed by atoms with Gasteiger partial charge in [0, 0.05) is 22.9 Å². The van der Waals surface area contributed by atoms with Crippen molar-refractivity contribution in [2.24, 2.45) is 0 Å². The average molecular weight is 458 g/mol. The number of imidazole rings is 1. The lowest BCUT2D eigenvalue weighted by atomic mass is 9.93. The van der Waals surface area contributed by atoms with Crippen molar-refractivity contribution in [1.29, 1.82) is 0 Å². The Bertz CT molecular complexity index is 1300. The van der Waals surface area contributed by atoms with Gasteiger partial charge in [-0.15, -0.1) is 0 Å². The van der Waals surface area contributed by atoms with E-state index in [-0.39, 0.29) is 17.5 Å². The summed E-state index contributed by atoms with van der Waals surface area (Å²) in [5, 5.41) is 3.01. The van der Waals surface area contributed by atoms with Crippen LogP contribution in [0.5, 0.6) is 0 Å². The van der Waals surface area contributed by atoms with Crippen molar-refractivity contribution in [2.75, 3.05) is 5.32 Å². The van der Waals surface area contributed by atoms with Gasteiger partial charge in [0.05, 0.1) is 24.0 Å². The molecule has 0 atom stereocenters. The molecule has 1 aliphatic rings. The van der Waals surface area contributed by atoms with Gasteiger partial charge >= 0.3 is 0 Å². The minimum atomic E-state index is -0.288. The molecule has 2 aromatic heterocycles. The zero-order valence-electron chi connectivity index (χ0n) is 19.5. The maximum absolute atomic E-state index is 13.6. The van der Waals surface area contributed by atoms with E-state index in [0.717, 1.165) is 52.2 Å². The zero-order valence-corrected chi connectivity index (χ0v) is 19.5. The minimum Gasteiger partial charge on any atom is -0.459 e. The largest absolute Gasteiger partial charge is 0.459 e. The predicted molar refractivity (Wildman–Crippen MR) is 131 cm³/mol. The SMILES string of the molecule is Cc1cc(-c2c(-c3ccc(F)cc3)ncn2C2CCCCC2)cc(NC(=O)c2ccco2)c1C. The summed E-state index contributed by atoms with van der Waals surface area (Å²) in [5.41, 5.74) is 6.44. The van der Waals surface area contributed by atoms with E-state index in [9.17, 15) is 9.18 Å². The third-order valence-corrected chi connectivity index (χ3v) is 6.81. The van der Waals surface area contributed by atoms with Gasteiger partial charge in [0.1, 0.15) is 5.82 Å². The van der Waals surface area contributed by atoms with Crippen molar-refractivity contribution in [3.05, 3.63) is 83.8 Å². The normalized spacial score (nSPS) is 14.3. The fourth-order valence-electron chi connectivity index (χ4n) is 4.82. The number of carbonyl (C=O) groups excluding carboxylic acids is 1. The smallest absolute Gasteiger partial charge is 0.291 e. The molecule has 174 valence electrons. The molecule has 0 aliphatic heterocycles. The number of rotatable bonds is 5. The summed E-state index contributed by atoms with van der Waals surface area (Å²) in [6.45, 7) is 4.04. The van der Waals surface area contributed by atoms with Crippen molar-refractivity contribution < 1.29 is 13.6 Å². The number of carbonyl (C=O) groups is 1. The van der Waals surface area contributed by atoms with Crippen LogP contribution in [0.2, 0.25) is 0 Å². The highest BCUT2D eigenvalue weighted by atomic mass is 19.1. The molecule has 1 fully saturated rings. The van der Waals surface area contributed by atoms with Crippen LogP contribution in [0, 0.1) is 19.7 Å². The van der Waals surface area contributed by atoms with Crippen molar-refractivity contribution in [3.63, 3.8) is 0 Å². The molecule has 0 radical (unpaired) electrons. The van der Waals surface area contributed by atoms with Crippen molar-refractivity contribution in [3.8, 4) is 22.5 Å². The van der Waals surface area contributed by atoms with Crippen LogP contribution in [-0.4, -0.2) is 15.5 Å². The van der Waals surface area contributed by atoms with Gasteiger partial charge in [-0.25, -0.2) is 9.37 Å². The first-order valence-corrected chi connectivity index (χ1v) is 11.8. The van der Waals surface area contributed by atoms with Gasteiger partial charge in [-0.05, 0) is 86.3 Å². The predicted octanol–water partition coefficient (Wildman–Crippen LogP) is 7.32.